The predicted molar refractivity (Wildman–Crippen MR) is 65.6 cm³/mol. The number of nitrogens with two attached hydrogens (primary N) is 1. The summed E-state index contributed by atoms with van der Waals surface area (Å²) in [6.07, 6.45) is -2.40. The molecule has 1 aliphatic rings. The molecule has 0 aromatic heterocycles. The number of ketones is 1. The van der Waals surface area contributed by atoms with Crippen LogP contribution in [0.2, 0.25) is 0 Å². The van der Waals surface area contributed by atoms with Crippen LogP contribution in [0.15, 0.2) is 18.2 Å². The first kappa shape index (κ1) is 15.0. The molecule has 2 N–H and O–H groups in total. The maximum atomic E-state index is 13.5. The Hall–Kier alpha value is -1.43. The van der Waals surface area contributed by atoms with E-state index in [9.17, 15) is 22.4 Å². The van der Waals surface area contributed by atoms with E-state index in [0.29, 0.717) is 25.1 Å². The maximum Gasteiger partial charge on any atom is 0.419 e. The predicted octanol–water partition coefficient (Wildman–Crippen LogP) is 3.40. The fourth-order valence-electron chi connectivity index (χ4n) is 2.78. The molecule has 6 heteroatoms. The normalized spacial score (nSPS) is 23.1. The van der Waals surface area contributed by atoms with Gasteiger partial charge in [0.1, 0.15) is 5.82 Å². The lowest BCUT2D eigenvalue weighted by molar-refractivity contribution is -0.140. The number of alkyl halides is 3. The minimum Gasteiger partial charge on any atom is -0.330 e. The minimum atomic E-state index is -4.75. The highest BCUT2D eigenvalue weighted by Crippen LogP contribution is 2.35. The van der Waals surface area contributed by atoms with Gasteiger partial charge in [-0.3, -0.25) is 4.79 Å². The summed E-state index contributed by atoms with van der Waals surface area (Å²) in [5, 5.41) is 0. The number of Topliss-reactive ketones (excluding diaryl/α,β-unsaturated/α-hetero) is 1. The van der Waals surface area contributed by atoms with Gasteiger partial charge in [0.2, 0.25) is 0 Å². The van der Waals surface area contributed by atoms with Crippen LogP contribution in [0.4, 0.5) is 17.6 Å². The van der Waals surface area contributed by atoms with Crippen molar-refractivity contribution in [2.24, 2.45) is 17.6 Å². The van der Waals surface area contributed by atoms with Crippen LogP contribution in [0.25, 0.3) is 0 Å². The Balaban J connectivity index is 2.26. The van der Waals surface area contributed by atoms with Crippen LogP contribution in [0.1, 0.15) is 35.2 Å². The van der Waals surface area contributed by atoms with Crippen molar-refractivity contribution in [2.45, 2.75) is 25.4 Å². The van der Waals surface area contributed by atoms with Crippen molar-refractivity contribution in [1.82, 2.24) is 0 Å². The molecule has 0 aliphatic heterocycles. The third-order valence-corrected chi connectivity index (χ3v) is 3.86. The Bertz CT molecular complexity index is 512. The lowest BCUT2D eigenvalue weighted by Crippen LogP contribution is -2.25. The van der Waals surface area contributed by atoms with Gasteiger partial charge in [-0.15, -0.1) is 0 Å². The van der Waals surface area contributed by atoms with Crippen molar-refractivity contribution < 1.29 is 22.4 Å². The van der Waals surface area contributed by atoms with E-state index < -0.39 is 17.6 Å². The summed E-state index contributed by atoms with van der Waals surface area (Å²) in [6, 6.07) is 2.34. The van der Waals surface area contributed by atoms with Crippen LogP contribution in [0.5, 0.6) is 0 Å². The summed E-state index contributed by atoms with van der Waals surface area (Å²) in [6.45, 7) is 0.361. The minimum absolute atomic E-state index is 0.0131. The van der Waals surface area contributed by atoms with E-state index in [1.807, 2.05) is 0 Å². The van der Waals surface area contributed by atoms with Gasteiger partial charge in [0.05, 0.1) is 5.56 Å². The zero-order valence-electron chi connectivity index (χ0n) is 10.7. The molecule has 2 unspecified atom stereocenters. The standard InChI is InChI=1S/C14H15F4NO/c15-12-6-8(4-5-11(12)14(16,17)18)13(20)10-3-1-2-9(10)7-19/h4-6,9-10H,1-3,7,19H2. The van der Waals surface area contributed by atoms with Crippen LogP contribution >= 0.6 is 0 Å². The van der Waals surface area contributed by atoms with E-state index in [1.165, 1.54) is 0 Å². The molecule has 1 saturated carbocycles. The zero-order chi connectivity index (χ0) is 14.9. The van der Waals surface area contributed by atoms with E-state index in [1.54, 1.807) is 0 Å². The number of carbonyl (C=O) groups is 1. The van der Waals surface area contributed by atoms with Gasteiger partial charge in [-0.1, -0.05) is 12.5 Å². The summed E-state index contributed by atoms with van der Waals surface area (Å²) in [4.78, 5) is 12.2. The fraction of sp³-hybridized carbons (Fsp3) is 0.500. The second-order valence-electron chi connectivity index (χ2n) is 5.09. The molecule has 0 amide bonds. The Morgan fingerprint density at radius 3 is 2.55 bits per heavy atom. The smallest absolute Gasteiger partial charge is 0.330 e. The molecule has 0 radical (unpaired) electrons. The van der Waals surface area contributed by atoms with Crippen molar-refractivity contribution in [3.8, 4) is 0 Å². The van der Waals surface area contributed by atoms with Crippen molar-refractivity contribution in [3.05, 3.63) is 35.1 Å². The lowest BCUT2D eigenvalue weighted by Gasteiger charge is -2.17. The van der Waals surface area contributed by atoms with Crippen LogP contribution in [-0.4, -0.2) is 12.3 Å². The highest BCUT2D eigenvalue weighted by atomic mass is 19.4. The Labute approximate surface area is 114 Å². The number of hydrogen-bond donors (Lipinski definition) is 1. The van der Waals surface area contributed by atoms with Crippen molar-refractivity contribution in [3.63, 3.8) is 0 Å². The first-order valence-corrected chi connectivity index (χ1v) is 6.45. The summed E-state index contributed by atoms with van der Waals surface area (Å²) >= 11 is 0. The van der Waals surface area contributed by atoms with Gasteiger partial charge in [-0.2, -0.15) is 13.2 Å². The van der Waals surface area contributed by atoms with Crippen molar-refractivity contribution >= 4 is 5.78 Å². The highest BCUT2D eigenvalue weighted by molar-refractivity contribution is 5.98. The van der Waals surface area contributed by atoms with Crippen LogP contribution < -0.4 is 5.73 Å². The molecule has 2 atom stereocenters. The molecule has 1 aromatic carbocycles. The monoisotopic (exact) mass is 289 g/mol. The van der Waals surface area contributed by atoms with Crippen LogP contribution in [0.3, 0.4) is 0 Å². The maximum absolute atomic E-state index is 13.5. The average molecular weight is 289 g/mol. The second-order valence-corrected chi connectivity index (χ2v) is 5.09. The first-order valence-electron chi connectivity index (χ1n) is 6.45. The largest absolute Gasteiger partial charge is 0.419 e. The first-order chi connectivity index (χ1) is 9.34. The third-order valence-electron chi connectivity index (χ3n) is 3.86. The van der Waals surface area contributed by atoms with Gasteiger partial charge in [0.15, 0.2) is 5.78 Å². The van der Waals surface area contributed by atoms with E-state index >= 15 is 0 Å². The number of benzene rings is 1. The molecule has 110 valence electrons. The van der Waals surface area contributed by atoms with E-state index in [-0.39, 0.29) is 23.2 Å². The van der Waals surface area contributed by atoms with E-state index in [0.717, 1.165) is 18.9 Å². The van der Waals surface area contributed by atoms with Gasteiger partial charge < -0.3 is 5.73 Å². The topological polar surface area (TPSA) is 43.1 Å². The molecule has 0 saturated heterocycles. The Morgan fingerprint density at radius 2 is 2.00 bits per heavy atom. The Kier molecular flexibility index (Phi) is 4.13. The van der Waals surface area contributed by atoms with Gasteiger partial charge >= 0.3 is 6.18 Å². The van der Waals surface area contributed by atoms with Gasteiger partial charge in [0.25, 0.3) is 0 Å². The number of carbonyl (C=O) groups excluding carboxylic acids is 1. The van der Waals surface area contributed by atoms with Crippen molar-refractivity contribution in [1.29, 1.82) is 0 Å². The Morgan fingerprint density at radius 1 is 1.30 bits per heavy atom. The molecule has 0 heterocycles. The fourth-order valence-corrected chi connectivity index (χ4v) is 2.78. The molecule has 0 spiro atoms. The number of rotatable bonds is 3. The van der Waals surface area contributed by atoms with Crippen LogP contribution in [-0.2, 0) is 6.18 Å². The SMILES string of the molecule is NCC1CCCC1C(=O)c1ccc(C(F)(F)F)c(F)c1. The molecule has 2 rings (SSSR count). The van der Waals surface area contributed by atoms with E-state index in [4.69, 9.17) is 5.73 Å². The molecular formula is C14H15F4NO. The average Bonchev–Trinajstić information content (AvgIpc) is 2.84. The molecule has 20 heavy (non-hydrogen) atoms. The molecule has 2 nitrogen and oxygen atoms in total. The molecule has 1 aliphatic carbocycles. The third kappa shape index (κ3) is 2.85. The molecular weight excluding hydrogens is 274 g/mol. The summed E-state index contributed by atoms with van der Waals surface area (Å²) in [7, 11) is 0. The lowest BCUT2D eigenvalue weighted by atomic mass is 9.88. The van der Waals surface area contributed by atoms with Gasteiger partial charge in [0, 0.05) is 11.5 Å². The summed E-state index contributed by atoms with van der Waals surface area (Å²) in [5.74, 6) is -2.00. The van der Waals surface area contributed by atoms with Gasteiger partial charge in [-0.05, 0) is 37.4 Å². The van der Waals surface area contributed by atoms with Gasteiger partial charge in [-0.25, -0.2) is 4.39 Å². The summed E-state index contributed by atoms with van der Waals surface area (Å²) < 4.78 is 50.8. The quantitative estimate of drug-likeness (QED) is 0.684. The number of hydrogen-bond acceptors (Lipinski definition) is 2. The van der Waals surface area contributed by atoms with E-state index in [2.05, 4.69) is 0 Å². The second kappa shape index (κ2) is 5.52. The van der Waals surface area contributed by atoms with Crippen molar-refractivity contribution in [2.75, 3.05) is 6.54 Å². The molecule has 1 fully saturated rings. The molecule has 1 aromatic rings. The van der Waals surface area contributed by atoms with Crippen LogP contribution in [0, 0.1) is 17.7 Å². The molecule has 0 bridgehead atoms. The number of halogens is 4. The highest BCUT2D eigenvalue weighted by Gasteiger charge is 2.36. The zero-order valence-corrected chi connectivity index (χ0v) is 10.7. The summed E-state index contributed by atoms with van der Waals surface area (Å²) in [5.41, 5.74) is 4.21.